The lowest BCUT2D eigenvalue weighted by molar-refractivity contribution is 0.305. The maximum absolute atomic E-state index is 15.1. The van der Waals surface area contributed by atoms with E-state index in [1.165, 1.54) is 0 Å². The summed E-state index contributed by atoms with van der Waals surface area (Å²) in [6, 6.07) is 7.97. The van der Waals surface area contributed by atoms with Gasteiger partial charge in [0.25, 0.3) is 0 Å². The molecule has 2 unspecified atom stereocenters. The number of alkyl halides is 1. The molecule has 2 atom stereocenters. The van der Waals surface area contributed by atoms with Gasteiger partial charge in [-0.25, -0.2) is 4.39 Å². The monoisotopic (exact) mass is 284 g/mol. The van der Waals surface area contributed by atoms with Gasteiger partial charge in [0.2, 0.25) is 0 Å². The maximum atomic E-state index is 15.1. The molecule has 0 aliphatic heterocycles. The second-order valence-electron chi connectivity index (χ2n) is 6.03. The Morgan fingerprint density at radius 2 is 1.95 bits per heavy atom. The molecule has 1 heteroatoms. The first-order chi connectivity index (χ1) is 10.1. The highest BCUT2D eigenvalue weighted by molar-refractivity contribution is 5.74. The van der Waals surface area contributed by atoms with Gasteiger partial charge in [0.15, 0.2) is 0 Å². The van der Waals surface area contributed by atoms with Crippen molar-refractivity contribution in [3.05, 3.63) is 59.7 Å². The van der Waals surface area contributed by atoms with Gasteiger partial charge >= 0.3 is 0 Å². The summed E-state index contributed by atoms with van der Waals surface area (Å²) >= 11 is 0. The summed E-state index contributed by atoms with van der Waals surface area (Å²) in [5.74, 6) is 0. The standard InChI is InChI=1S/C20H25F/c1-5-8-18-19(21)17(13-14-20(18,4)7-3)16-11-9-15(6-2)10-12-16/h6,8-13,19H,2,5,7,14H2,1,3-4H3/b18-8-. The van der Waals surface area contributed by atoms with Crippen molar-refractivity contribution in [2.45, 2.75) is 46.2 Å². The summed E-state index contributed by atoms with van der Waals surface area (Å²) in [6.45, 7) is 10.2. The van der Waals surface area contributed by atoms with Gasteiger partial charge in [0, 0.05) is 0 Å². The Kier molecular flexibility index (Phi) is 4.82. The van der Waals surface area contributed by atoms with Crippen LogP contribution in [0.4, 0.5) is 4.39 Å². The highest BCUT2D eigenvalue weighted by Gasteiger charge is 2.37. The molecule has 0 bridgehead atoms. The number of benzene rings is 1. The molecule has 0 heterocycles. The Hall–Kier alpha value is -1.63. The van der Waals surface area contributed by atoms with Crippen molar-refractivity contribution in [2.24, 2.45) is 5.41 Å². The quantitative estimate of drug-likeness (QED) is 0.577. The molecular formula is C20H25F. The first-order valence-corrected chi connectivity index (χ1v) is 7.83. The Labute approximate surface area is 128 Å². The predicted octanol–water partition coefficient (Wildman–Crippen LogP) is 6.21. The van der Waals surface area contributed by atoms with Crippen LogP contribution in [0.5, 0.6) is 0 Å². The van der Waals surface area contributed by atoms with Gasteiger partial charge in [-0.15, -0.1) is 0 Å². The summed E-state index contributed by atoms with van der Waals surface area (Å²) in [4.78, 5) is 0. The van der Waals surface area contributed by atoms with Crippen LogP contribution in [-0.4, -0.2) is 6.17 Å². The van der Waals surface area contributed by atoms with E-state index in [1.807, 2.05) is 30.3 Å². The number of rotatable bonds is 4. The predicted molar refractivity (Wildman–Crippen MR) is 90.8 cm³/mol. The van der Waals surface area contributed by atoms with Crippen LogP contribution < -0.4 is 0 Å². The van der Waals surface area contributed by atoms with Gasteiger partial charge in [-0.2, -0.15) is 0 Å². The molecule has 0 saturated heterocycles. The third-order valence-corrected chi connectivity index (χ3v) is 4.70. The minimum absolute atomic E-state index is 0.0417. The Balaban J connectivity index is 2.41. The normalized spacial score (nSPS) is 27.5. The van der Waals surface area contributed by atoms with Crippen LogP contribution in [0.15, 0.2) is 48.6 Å². The fourth-order valence-corrected chi connectivity index (χ4v) is 3.02. The zero-order valence-electron chi connectivity index (χ0n) is 13.3. The molecule has 0 spiro atoms. The van der Waals surface area contributed by atoms with Crippen molar-refractivity contribution < 1.29 is 4.39 Å². The van der Waals surface area contributed by atoms with Gasteiger partial charge in [0.1, 0.15) is 6.17 Å². The third kappa shape index (κ3) is 3.02. The molecule has 0 saturated carbocycles. The van der Waals surface area contributed by atoms with E-state index in [-0.39, 0.29) is 5.41 Å². The summed E-state index contributed by atoms with van der Waals surface area (Å²) < 4.78 is 15.1. The Bertz CT molecular complexity index is 562. The second-order valence-corrected chi connectivity index (χ2v) is 6.03. The lowest BCUT2D eigenvalue weighted by Crippen LogP contribution is -2.29. The topological polar surface area (TPSA) is 0 Å². The van der Waals surface area contributed by atoms with Gasteiger partial charge in [-0.05, 0) is 47.0 Å². The molecule has 2 rings (SSSR count). The van der Waals surface area contributed by atoms with E-state index in [9.17, 15) is 0 Å². The van der Waals surface area contributed by atoms with Crippen LogP contribution in [0.3, 0.4) is 0 Å². The number of allylic oxidation sites excluding steroid dienone is 4. The summed E-state index contributed by atoms with van der Waals surface area (Å²) in [7, 11) is 0. The molecule has 0 amide bonds. The van der Waals surface area contributed by atoms with E-state index in [2.05, 4.69) is 39.5 Å². The highest BCUT2D eigenvalue weighted by Crippen LogP contribution is 2.46. The van der Waals surface area contributed by atoms with E-state index in [1.54, 1.807) is 0 Å². The van der Waals surface area contributed by atoms with Crippen LogP contribution >= 0.6 is 0 Å². The highest BCUT2D eigenvalue weighted by atomic mass is 19.1. The third-order valence-electron chi connectivity index (χ3n) is 4.70. The zero-order valence-corrected chi connectivity index (χ0v) is 13.3. The summed E-state index contributed by atoms with van der Waals surface area (Å²) in [6.07, 6.45) is 7.75. The molecule has 112 valence electrons. The Morgan fingerprint density at radius 3 is 2.48 bits per heavy atom. The molecule has 1 aromatic rings. The number of hydrogen-bond donors (Lipinski definition) is 0. The molecule has 1 aliphatic carbocycles. The number of halogens is 1. The molecule has 0 fully saturated rings. The molecule has 0 aromatic heterocycles. The van der Waals surface area contributed by atoms with Crippen molar-refractivity contribution in [2.75, 3.05) is 0 Å². The minimum Gasteiger partial charge on any atom is -0.237 e. The molecule has 0 radical (unpaired) electrons. The van der Waals surface area contributed by atoms with Crippen molar-refractivity contribution >= 4 is 11.6 Å². The fraction of sp³-hybridized carbons (Fsp3) is 0.400. The first kappa shape index (κ1) is 15.8. The van der Waals surface area contributed by atoms with Crippen LogP contribution in [-0.2, 0) is 0 Å². The molecule has 0 N–H and O–H groups in total. The fourth-order valence-electron chi connectivity index (χ4n) is 3.02. The van der Waals surface area contributed by atoms with Gasteiger partial charge < -0.3 is 0 Å². The van der Waals surface area contributed by atoms with Crippen molar-refractivity contribution in [1.29, 1.82) is 0 Å². The van der Waals surface area contributed by atoms with Crippen LogP contribution in [0.1, 0.15) is 51.2 Å². The number of hydrogen-bond acceptors (Lipinski definition) is 0. The Morgan fingerprint density at radius 1 is 1.29 bits per heavy atom. The first-order valence-electron chi connectivity index (χ1n) is 7.83. The van der Waals surface area contributed by atoms with E-state index in [4.69, 9.17) is 0 Å². The SMILES string of the molecule is C=Cc1ccc(C2=CCC(C)(CC)/C(=C\CC)C2F)cc1. The molecule has 1 aliphatic rings. The smallest absolute Gasteiger partial charge is 0.147 e. The van der Waals surface area contributed by atoms with Gasteiger partial charge in [-0.3, -0.25) is 0 Å². The van der Waals surface area contributed by atoms with E-state index in [0.717, 1.165) is 41.5 Å². The van der Waals surface area contributed by atoms with E-state index >= 15 is 4.39 Å². The van der Waals surface area contributed by atoms with Crippen molar-refractivity contribution in [3.8, 4) is 0 Å². The molecule has 21 heavy (non-hydrogen) atoms. The van der Waals surface area contributed by atoms with E-state index in [0.29, 0.717) is 0 Å². The van der Waals surface area contributed by atoms with Gasteiger partial charge in [0.05, 0.1) is 0 Å². The summed E-state index contributed by atoms with van der Waals surface area (Å²) in [5, 5.41) is 0. The van der Waals surface area contributed by atoms with Crippen LogP contribution in [0, 0.1) is 5.41 Å². The average Bonchev–Trinajstić information content (AvgIpc) is 2.52. The minimum atomic E-state index is -0.988. The van der Waals surface area contributed by atoms with Gasteiger partial charge in [-0.1, -0.05) is 69.8 Å². The van der Waals surface area contributed by atoms with Crippen molar-refractivity contribution in [1.82, 2.24) is 0 Å². The lowest BCUT2D eigenvalue weighted by atomic mass is 9.68. The molecule has 1 aromatic carbocycles. The lowest BCUT2D eigenvalue weighted by Gasteiger charge is -2.37. The second kappa shape index (κ2) is 6.43. The summed E-state index contributed by atoms with van der Waals surface area (Å²) in [5.41, 5.74) is 3.77. The zero-order chi connectivity index (χ0) is 15.5. The molecular weight excluding hydrogens is 259 g/mol. The van der Waals surface area contributed by atoms with E-state index < -0.39 is 6.17 Å². The average molecular weight is 284 g/mol. The van der Waals surface area contributed by atoms with Crippen LogP contribution in [0.2, 0.25) is 0 Å². The van der Waals surface area contributed by atoms with Crippen LogP contribution in [0.25, 0.3) is 11.6 Å². The molecule has 0 nitrogen and oxygen atoms in total. The largest absolute Gasteiger partial charge is 0.237 e. The van der Waals surface area contributed by atoms with Crippen molar-refractivity contribution in [3.63, 3.8) is 0 Å². The maximum Gasteiger partial charge on any atom is 0.147 e.